The second-order valence-corrected chi connectivity index (χ2v) is 3.22. The maximum atomic E-state index is 4.26. The second kappa shape index (κ2) is 7.83. The van der Waals surface area contributed by atoms with Crippen LogP contribution in [0.4, 0.5) is 0 Å². The molecular weight excluding hydrogens is 198 g/mol. The fourth-order valence-corrected chi connectivity index (χ4v) is 1.32. The predicted molar refractivity (Wildman–Crippen MR) is 61.8 cm³/mol. The number of halogens is 1. The SMILES string of the molecule is CCCNCc1ccnn1CCC.Cl. The van der Waals surface area contributed by atoms with Gasteiger partial charge in [-0.25, -0.2) is 0 Å². The molecule has 1 N–H and O–H groups in total. The summed E-state index contributed by atoms with van der Waals surface area (Å²) in [7, 11) is 0. The number of nitrogens with one attached hydrogen (secondary N) is 1. The fourth-order valence-electron chi connectivity index (χ4n) is 1.32. The van der Waals surface area contributed by atoms with Crippen LogP contribution in [0, 0.1) is 0 Å². The van der Waals surface area contributed by atoms with E-state index in [-0.39, 0.29) is 12.4 Å². The van der Waals surface area contributed by atoms with Crippen LogP contribution >= 0.6 is 12.4 Å². The standard InChI is InChI=1S/C10H19N3.ClH/c1-3-6-11-9-10-5-7-12-13(10)8-4-2;/h5,7,11H,3-4,6,8-9H2,1-2H3;1H. The summed E-state index contributed by atoms with van der Waals surface area (Å²) in [5, 5.41) is 7.64. The Kier molecular flexibility index (Phi) is 7.52. The zero-order valence-corrected chi connectivity index (χ0v) is 9.81. The summed E-state index contributed by atoms with van der Waals surface area (Å²) in [5.41, 5.74) is 1.29. The average molecular weight is 218 g/mol. The molecule has 1 rings (SSSR count). The Hall–Kier alpha value is -0.540. The van der Waals surface area contributed by atoms with Gasteiger partial charge in [0.25, 0.3) is 0 Å². The lowest BCUT2D eigenvalue weighted by Crippen LogP contribution is -2.17. The molecule has 0 unspecified atom stereocenters. The molecule has 0 fully saturated rings. The number of aromatic nitrogens is 2. The van der Waals surface area contributed by atoms with Crippen LogP contribution in [-0.4, -0.2) is 16.3 Å². The van der Waals surface area contributed by atoms with Crippen LogP contribution in [0.2, 0.25) is 0 Å². The average Bonchev–Trinajstić information content (AvgIpc) is 2.54. The molecule has 0 aliphatic heterocycles. The van der Waals surface area contributed by atoms with E-state index in [0.717, 1.165) is 26.1 Å². The molecule has 0 atom stereocenters. The van der Waals surface area contributed by atoms with Crippen LogP contribution < -0.4 is 5.32 Å². The predicted octanol–water partition coefficient (Wildman–Crippen LogP) is 2.21. The first kappa shape index (κ1) is 13.5. The van der Waals surface area contributed by atoms with Crippen molar-refractivity contribution in [3.63, 3.8) is 0 Å². The number of hydrogen-bond acceptors (Lipinski definition) is 2. The molecule has 0 spiro atoms. The third kappa shape index (κ3) is 4.11. The summed E-state index contributed by atoms with van der Waals surface area (Å²) in [6, 6.07) is 2.08. The third-order valence-electron chi connectivity index (χ3n) is 1.97. The molecule has 1 aromatic rings. The number of aryl methyl sites for hydroxylation is 1. The quantitative estimate of drug-likeness (QED) is 0.741. The molecule has 82 valence electrons. The number of hydrogen-bond donors (Lipinski definition) is 1. The fraction of sp³-hybridized carbons (Fsp3) is 0.700. The molecule has 4 heteroatoms. The van der Waals surface area contributed by atoms with Crippen molar-refractivity contribution < 1.29 is 0 Å². The summed E-state index contributed by atoms with van der Waals surface area (Å²) in [6.07, 6.45) is 4.20. The van der Waals surface area contributed by atoms with Gasteiger partial charge in [0.15, 0.2) is 0 Å². The van der Waals surface area contributed by atoms with Crippen LogP contribution in [-0.2, 0) is 13.1 Å². The Balaban J connectivity index is 0.00000169. The summed E-state index contributed by atoms with van der Waals surface area (Å²) < 4.78 is 2.07. The van der Waals surface area contributed by atoms with E-state index in [1.807, 2.05) is 6.20 Å². The highest BCUT2D eigenvalue weighted by Gasteiger charge is 1.99. The van der Waals surface area contributed by atoms with Crippen molar-refractivity contribution in [1.29, 1.82) is 0 Å². The maximum absolute atomic E-state index is 4.26. The largest absolute Gasteiger partial charge is 0.311 e. The van der Waals surface area contributed by atoms with Crippen LogP contribution in [0.1, 0.15) is 32.4 Å². The van der Waals surface area contributed by atoms with Gasteiger partial charge in [0, 0.05) is 19.3 Å². The number of nitrogens with zero attached hydrogens (tertiary/aromatic N) is 2. The van der Waals surface area contributed by atoms with Gasteiger partial charge in [-0.05, 0) is 25.5 Å². The van der Waals surface area contributed by atoms with E-state index in [0.29, 0.717) is 0 Å². The van der Waals surface area contributed by atoms with E-state index in [2.05, 4.69) is 35.0 Å². The molecule has 0 bridgehead atoms. The van der Waals surface area contributed by atoms with E-state index in [1.54, 1.807) is 0 Å². The summed E-state index contributed by atoms with van der Waals surface area (Å²) >= 11 is 0. The first-order valence-electron chi connectivity index (χ1n) is 5.09. The molecule has 3 nitrogen and oxygen atoms in total. The number of rotatable bonds is 6. The summed E-state index contributed by atoms with van der Waals surface area (Å²) in [4.78, 5) is 0. The molecule has 1 heterocycles. The molecule has 0 aliphatic rings. The van der Waals surface area contributed by atoms with Crippen molar-refractivity contribution in [1.82, 2.24) is 15.1 Å². The van der Waals surface area contributed by atoms with Crippen LogP contribution in [0.3, 0.4) is 0 Å². The zero-order valence-electron chi connectivity index (χ0n) is 8.99. The van der Waals surface area contributed by atoms with Crippen molar-refractivity contribution in [3.8, 4) is 0 Å². The highest BCUT2D eigenvalue weighted by atomic mass is 35.5. The Morgan fingerprint density at radius 3 is 2.79 bits per heavy atom. The van der Waals surface area contributed by atoms with Gasteiger partial charge in [-0.3, -0.25) is 4.68 Å². The van der Waals surface area contributed by atoms with Gasteiger partial charge >= 0.3 is 0 Å². The summed E-state index contributed by atoms with van der Waals surface area (Å²) in [5.74, 6) is 0. The van der Waals surface area contributed by atoms with E-state index in [9.17, 15) is 0 Å². The molecule has 0 amide bonds. The van der Waals surface area contributed by atoms with Crippen LogP contribution in [0.25, 0.3) is 0 Å². The first-order valence-corrected chi connectivity index (χ1v) is 5.09. The Labute approximate surface area is 92.3 Å². The maximum Gasteiger partial charge on any atom is 0.0522 e. The van der Waals surface area contributed by atoms with Gasteiger partial charge in [-0.15, -0.1) is 12.4 Å². The van der Waals surface area contributed by atoms with Crippen molar-refractivity contribution >= 4 is 12.4 Å². The van der Waals surface area contributed by atoms with Gasteiger partial charge in [0.2, 0.25) is 0 Å². The Bertz CT molecular complexity index is 235. The molecular formula is C10H20ClN3. The highest BCUT2D eigenvalue weighted by Crippen LogP contribution is 1.99. The molecule has 1 aromatic heterocycles. The van der Waals surface area contributed by atoms with Crippen molar-refractivity contribution in [2.75, 3.05) is 6.54 Å². The minimum absolute atomic E-state index is 0. The lowest BCUT2D eigenvalue weighted by atomic mass is 10.4. The monoisotopic (exact) mass is 217 g/mol. The van der Waals surface area contributed by atoms with Crippen molar-refractivity contribution in [2.24, 2.45) is 0 Å². The van der Waals surface area contributed by atoms with Crippen molar-refractivity contribution in [2.45, 2.75) is 39.8 Å². The zero-order chi connectivity index (χ0) is 9.52. The van der Waals surface area contributed by atoms with Crippen LogP contribution in [0.15, 0.2) is 12.3 Å². The molecule has 0 saturated carbocycles. The van der Waals surface area contributed by atoms with Gasteiger partial charge in [-0.2, -0.15) is 5.10 Å². The van der Waals surface area contributed by atoms with Gasteiger partial charge in [0.05, 0.1) is 5.69 Å². The minimum atomic E-state index is 0. The molecule has 0 radical (unpaired) electrons. The third-order valence-corrected chi connectivity index (χ3v) is 1.97. The molecule has 0 aromatic carbocycles. The first-order chi connectivity index (χ1) is 6.38. The summed E-state index contributed by atoms with van der Waals surface area (Å²) in [6.45, 7) is 7.39. The molecule has 14 heavy (non-hydrogen) atoms. The Morgan fingerprint density at radius 1 is 1.36 bits per heavy atom. The van der Waals surface area contributed by atoms with E-state index >= 15 is 0 Å². The lowest BCUT2D eigenvalue weighted by Gasteiger charge is -2.06. The van der Waals surface area contributed by atoms with Gasteiger partial charge < -0.3 is 5.32 Å². The van der Waals surface area contributed by atoms with E-state index in [1.165, 1.54) is 12.1 Å². The Morgan fingerprint density at radius 2 is 2.14 bits per heavy atom. The normalized spacial score (nSPS) is 9.86. The van der Waals surface area contributed by atoms with Gasteiger partial charge in [-0.1, -0.05) is 13.8 Å². The minimum Gasteiger partial charge on any atom is -0.311 e. The van der Waals surface area contributed by atoms with Crippen LogP contribution in [0.5, 0.6) is 0 Å². The molecule has 0 aliphatic carbocycles. The van der Waals surface area contributed by atoms with Crippen molar-refractivity contribution in [3.05, 3.63) is 18.0 Å². The van der Waals surface area contributed by atoms with Gasteiger partial charge in [0.1, 0.15) is 0 Å². The highest BCUT2D eigenvalue weighted by molar-refractivity contribution is 5.85. The topological polar surface area (TPSA) is 29.9 Å². The van der Waals surface area contributed by atoms with E-state index in [4.69, 9.17) is 0 Å². The lowest BCUT2D eigenvalue weighted by molar-refractivity contribution is 0.549. The smallest absolute Gasteiger partial charge is 0.0522 e. The molecule has 0 saturated heterocycles. The second-order valence-electron chi connectivity index (χ2n) is 3.22. The van der Waals surface area contributed by atoms with E-state index < -0.39 is 0 Å².